The van der Waals surface area contributed by atoms with Crippen LogP contribution in [0, 0.1) is 11.3 Å². The van der Waals surface area contributed by atoms with Gasteiger partial charge in [-0.25, -0.2) is 0 Å². The third-order valence-corrected chi connectivity index (χ3v) is 3.28. The average molecular weight is 232 g/mol. The van der Waals surface area contributed by atoms with Gasteiger partial charge in [-0.3, -0.25) is 0 Å². The molecule has 0 amide bonds. The van der Waals surface area contributed by atoms with Crippen LogP contribution in [0.15, 0.2) is 48.6 Å². The van der Waals surface area contributed by atoms with Crippen LogP contribution in [0.1, 0.15) is 47.5 Å². The maximum atomic E-state index is 3.84. The predicted octanol–water partition coefficient (Wildman–Crippen LogP) is 5.69. The van der Waals surface area contributed by atoms with Crippen molar-refractivity contribution in [3.05, 3.63) is 48.6 Å². The van der Waals surface area contributed by atoms with E-state index in [1.165, 1.54) is 11.1 Å². The van der Waals surface area contributed by atoms with Gasteiger partial charge in [0, 0.05) is 0 Å². The van der Waals surface area contributed by atoms with Crippen LogP contribution in [0.25, 0.3) is 0 Å². The van der Waals surface area contributed by atoms with E-state index in [2.05, 4.69) is 59.9 Å². The van der Waals surface area contributed by atoms with Crippen molar-refractivity contribution in [2.75, 3.05) is 0 Å². The number of rotatable bonds is 6. The smallest absolute Gasteiger partial charge is 0.0101 e. The Hall–Kier alpha value is -1.04. The fourth-order valence-electron chi connectivity index (χ4n) is 1.46. The fraction of sp³-hybridized carbons (Fsp3) is 0.529. The van der Waals surface area contributed by atoms with Crippen LogP contribution in [-0.4, -0.2) is 0 Å². The molecule has 0 N–H and O–H groups in total. The van der Waals surface area contributed by atoms with E-state index in [0.29, 0.717) is 11.3 Å². The molecule has 0 heteroatoms. The third kappa shape index (κ3) is 6.31. The topological polar surface area (TPSA) is 0 Å². The van der Waals surface area contributed by atoms with Crippen LogP contribution in [0.3, 0.4) is 0 Å². The molecule has 1 atom stereocenters. The SMILES string of the molecule is C=CCC=C(C)C(=CC(C)C(C)(C)C)CC=C. The monoisotopic (exact) mass is 232 g/mol. The molecule has 0 nitrogen and oxygen atoms in total. The second kappa shape index (κ2) is 7.32. The molecule has 0 bridgehead atoms. The molecule has 0 aliphatic rings. The molecule has 96 valence electrons. The maximum Gasteiger partial charge on any atom is -0.0101 e. The molecular weight excluding hydrogens is 204 g/mol. The summed E-state index contributed by atoms with van der Waals surface area (Å²) in [4.78, 5) is 0. The van der Waals surface area contributed by atoms with Crippen LogP contribution in [-0.2, 0) is 0 Å². The highest BCUT2D eigenvalue weighted by Crippen LogP contribution is 2.29. The van der Waals surface area contributed by atoms with Crippen molar-refractivity contribution in [3.8, 4) is 0 Å². The summed E-state index contributed by atoms with van der Waals surface area (Å²) in [6, 6.07) is 0. The molecule has 0 rings (SSSR count). The molecule has 0 aromatic carbocycles. The van der Waals surface area contributed by atoms with Crippen molar-refractivity contribution in [1.29, 1.82) is 0 Å². The van der Waals surface area contributed by atoms with Crippen molar-refractivity contribution in [2.45, 2.75) is 47.5 Å². The van der Waals surface area contributed by atoms with Crippen LogP contribution < -0.4 is 0 Å². The Bertz CT molecular complexity index is 307. The van der Waals surface area contributed by atoms with Crippen LogP contribution in [0.2, 0.25) is 0 Å². The molecule has 0 aliphatic carbocycles. The quantitative estimate of drug-likeness (QED) is 0.407. The van der Waals surface area contributed by atoms with Crippen LogP contribution in [0.5, 0.6) is 0 Å². The molecule has 0 radical (unpaired) electrons. The molecule has 0 aromatic rings. The Labute approximate surface area is 108 Å². The second-order valence-corrected chi connectivity index (χ2v) is 5.75. The lowest BCUT2D eigenvalue weighted by Gasteiger charge is -2.25. The Balaban J connectivity index is 5.02. The van der Waals surface area contributed by atoms with E-state index in [9.17, 15) is 0 Å². The standard InChI is InChI=1S/C17H28/c1-8-10-12-14(3)16(11-9-2)13-15(4)17(5,6)7/h8-9,12-13,15H,1-2,10-11H2,3-7H3. The van der Waals surface area contributed by atoms with Gasteiger partial charge in [-0.15, -0.1) is 13.2 Å². The molecule has 1 unspecified atom stereocenters. The molecule has 0 heterocycles. The van der Waals surface area contributed by atoms with Crippen molar-refractivity contribution < 1.29 is 0 Å². The van der Waals surface area contributed by atoms with Gasteiger partial charge in [0.1, 0.15) is 0 Å². The van der Waals surface area contributed by atoms with Crippen LogP contribution >= 0.6 is 0 Å². The lowest BCUT2D eigenvalue weighted by Crippen LogP contribution is -2.15. The molecule has 0 saturated heterocycles. The Morgan fingerprint density at radius 1 is 1.18 bits per heavy atom. The van der Waals surface area contributed by atoms with Gasteiger partial charge in [0.05, 0.1) is 0 Å². The first kappa shape index (κ1) is 16.0. The molecular formula is C17H28. The molecule has 0 fully saturated rings. The maximum absolute atomic E-state index is 3.84. The normalized spacial score (nSPS) is 15.6. The summed E-state index contributed by atoms with van der Waals surface area (Å²) in [5.74, 6) is 0.560. The summed E-state index contributed by atoms with van der Waals surface area (Å²) >= 11 is 0. The molecule has 0 aromatic heterocycles. The largest absolute Gasteiger partial charge is 0.103 e. The van der Waals surface area contributed by atoms with Crippen molar-refractivity contribution in [3.63, 3.8) is 0 Å². The van der Waals surface area contributed by atoms with Gasteiger partial charge in [0.25, 0.3) is 0 Å². The van der Waals surface area contributed by atoms with E-state index in [0.717, 1.165) is 12.8 Å². The molecule has 0 aliphatic heterocycles. The lowest BCUT2D eigenvalue weighted by molar-refractivity contribution is 0.313. The number of hydrogen-bond donors (Lipinski definition) is 0. The zero-order valence-corrected chi connectivity index (χ0v) is 12.2. The summed E-state index contributed by atoms with van der Waals surface area (Å²) in [6.45, 7) is 18.9. The Kier molecular flexibility index (Phi) is 6.87. The Morgan fingerprint density at radius 2 is 1.76 bits per heavy atom. The van der Waals surface area contributed by atoms with E-state index in [1.54, 1.807) is 0 Å². The fourth-order valence-corrected chi connectivity index (χ4v) is 1.46. The van der Waals surface area contributed by atoms with Gasteiger partial charge < -0.3 is 0 Å². The highest BCUT2D eigenvalue weighted by Gasteiger charge is 2.18. The summed E-state index contributed by atoms with van der Waals surface area (Å²) in [7, 11) is 0. The summed E-state index contributed by atoms with van der Waals surface area (Å²) < 4.78 is 0. The molecule has 0 spiro atoms. The van der Waals surface area contributed by atoms with Crippen LogP contribution in [0.4, 0.5) is 0 Å². The van der Waals surface area contributed by atoms with Crippen molar-refractivity contribution in [1.82, 2.24) is 0 Å². The first-order chi connectivity index (χ1) is 7.82. The summed E-state index contributed by atoms with van der Waals surface area (Å²) in [5.41, 5.74) is 3.05. The molecule has 0 saturated carbocycles. The van der Waals surface area contributed by atoms with E-state index >= 15 is 0 Å². The summed E-state index contributed by atoms with van der Waals surface area (Å²) in [5, 5.41) is 0. The Morgan fingerprint density at radius 3 is 2.18 bits per heavy atom. The highest BCUT2D eigenvalue weighted by atomic mass is 14.2. The first-order valence-corrected chi connectivity index (χ1v) is 6.42. The average Bonchev–Trinajstić information content (AvgIpc) is 2.23. The lowest BCUT2D eigenvalue weighted by atomic mass is 9.80. The van der Waals surface area contributed by atoms with E-state index in [1.807, 2.05) is 12.2 Å². The van der Waals surface area contributed by atoms with Crippen molar-refractivity contribution >= 4 is 0 Å². The molecule has 17 heavy (non-hydrogen) atoms. The van der Waals surface area contributed by atoms with Gasteiger partial charge in [-0.2, -0.15) is 0 Å². The minimum Gasteiger partial charge on any atom is -0.103 e. The van der Waals surface area contributed by atoms with Gasteiger partial charge in [-0.1, -0.05) is 57.6 Å². The van der Waals surface area contributed by atoms with E-state index in [-0.39, 0.29) is 0 Å². The minimum absolute atomic E-state index is 0.311. The van der Waals surface area contributed by atoms with Gasteiger partial charge in [0.15, 0.2) is 0 Å². The zero-order chi connectivity index (χ0) is 13.5. The highest BCUT2D eigenvalue weighted by molar-refractivity contribution is 5.31. The van der Waals surface area contributed by atoms with Gasteiger partial charge in [0.2, 0.25) is 0 Å². The minimum atomic E-state index is 0.311. The van der Waals surface area contributed by atoms with Gasteiger partial charge in [-0.05, 0) is 36.7 Å². The van der Waals surface area contributed by atoms with Gasteiger partial charge >= 0.3 is 0 Å². The van der Waals surface area contributed by atoms with Crippen molar-refractivity contribution in [2.24, 2.45) is 11.3 Å². The van der Waals surface area contributed by atoms with E-state index < -0.39 is 0 Å². The third-order valence-electron chi connectivity index (χ3n) is 3.28. The predicted molar refractivity (Wildman–Crippen MR) is 80.1 cm³/mol. The number of allylic oxidation sites excluding steroid dienone is 6. The number of hydrogen-bond acceptors (Lipinski definition) is 0. The van der Waals surface area contributed by atoms with E-state index in [4.69, 9.17) is 0 Å². The first-order valence-electron chi connectivity index (χ1n) is 6.42. The zero-order valence-electron chi connectivity index (χ0n) is 12.2. The summed E-state index contributed by atoms with van der Waals surface area (Å²) in [6.07, 6.45) is 10.4. The second-order valence-electron chi connectivity index (χ2n) is 5.75.